The Kier molecular flexibility index (Phi) is 2.70. The van der Waals surface area contributed by atoms with Crippen molar-refractivity contribution in [1.29, 1.82) is 0 Å². The molecule has 1 aliphatic carbocycles. The van der Waals surface area contributed by atoms with Crippen LogP contribution in [0.2, 0.25) is 0 Å². The molecule has 0 radical (unpaired) electrons. The van der Waals surface area contributed by atoms with E-state index in [2.05, 4.69) is 0 Å². The molecule has 3 aliphatic rings. The number of rotatable bonds is 1. The van der Waals surface area contributed by atoms with Crippen LogP contribution in [-0.4, -0.2) is 36.8 Å². The molecular weight excluding hydrogens is 262 g/mol. The molecule has 3 rings (SSSR count). The second kappa shape index (κ2) is 4.19. The lowest BCUT2D eigenvalue weighted by atomic mass is 9.73. The summed E-state index contributed by atoms with van der Waals surface area (Å²) in [5.41, 5.74) is 0.352. The first-order valence-electron chi connectivity index (χ1n) is 6.45. The molecule has 0 aromatic carbocycles. The summed E-state index contributed by atoms with van der Waals surface area (Å²) in [5.74, 6) is -1.38. The number of hydrogen-bond donors (Lipinski definition) is 0. The van der Waals surface area contributed by atoms with Crippen LogP contribution < -0.4 is 0 Å². The fraction of sp³-hybridized carbons (Fsp3) is 0.500. The van der Waals surface area contributed by atoms with Gasteiger partial charge in [-0.15, -0.1) is 0 Å². The van der Waals surface area contributed by atoms with Gasteiger partial charge in [0.05, 0.1) is 30.4 Å². The van der Waals surface area contributed by atoms with Crippen LogP contribution in [0.4, 0.5) is 0 Å². The van der Waals surface area contributed by atoms with E-state index >= 15 is 0 Å². The zero-order valence-electron chi connectivity index (χ0n) is 11.5. The third-order valence-electron chi connectivity index (χ3n) is 4.30. The highest BCUT2D eigenvalue weighted by Crippen LogP contribution is 2.49. The molecule has 20 heavy (non-hydrogen) atoms. The number of nitrogens with zero attached hydrogens (tertiary/aromatic N) is 1. The SMILES string of the molecule is COC(=O)C1=C(C)OC2=CC[C@H]3C(=O)N(C)C(=O)[C@H]3C21. The van der Waals surface area contributed by atoms with Gasteiger partial charge in [0, 0.05) is 7.05 Å². The smallest absolute Gasteiger partial charge is 0.337 e. The number of hydrogen-bond acceptors (Lipinski definition) is 5. The molecule has 0 N–H and O–H groups in total. The summed E-state index contributed by atoms with van der Waals surface area (Å²) in [6.45, 7) is 1.67. The number of fused-ring (bicyclic) bond motifs is 3. The van der Waals surface area contributed by atoms with Crippen LogP contribution in [0, 0.1) is 17.8 Å². The molecule has 3 atom stereocenters. The minimum absolute atomic E-state index is 0.191. The number of likely N-dealkylation sites (tertiary alicyclic amines) is 1. The first-order valence-corrected chi connectivity index (χ1v) is 6.45. The van der Waals surface area contributed by atoms with Crippen molar-refractivity contribution in [2.75, 3.05) is 14.2 Å². The minimum Gasteiger partial charge on any atom is -0.466 e. The monoisotopic (exact) mass is 277 g/mol. The Morgan fingerprint density at radius 2 is 2.10 bits per heavy atom. The van der Waals surface area contributed by atoms with Crippen LogP contribution >= 0.6 is 0 Å². The highest BCUT2D eigenvalue weighted by molar-refractivity contribution is 6.06. The molecule has 2 amide bonds. The van der Waals surface area contributed by atoms with E-state index in [4.69, 9.17) is 9.47 Å². The summed E-state index contributed by atoms with van der Waals surface area (Å²) in [7, 11) is 2.77. The predicted molar refractivity (Wildman–Crippen MR) is 66.7 cm³/mol. The molecule has 6 nitrogen and oxygen atoms in total. The molecular formula is C14H15NO5. The van der Waals surface area contributed by atoms with Gasteiger partial charge in [-0.05, 0) is 19.4 Å². The summed E-state index contributed by atoms with van der Waals surface area (Å²) in [6.07, 6.45) is 2.27. The fourth-order valence-electron chi connectivity index (χ4n) is 3.33. The largest absolute Gasteiger partial charge is 0.466 e. The number of methoxy groups -OCH3 is 1. The third kappa shape index (κ3) is 1.47. The van der Waals surface area contributed by atoms with Crippen LogP contribution in [-0.2, 0) is 23.9 Å². The van der Waals surface area contributed by atoms with Crippen molar-refractivity contribution in [3.63, 3.8) is 0 Å². The van der Waals surface area contributed by atoms with Crippen molar-refractivity contribution >= 4 is 17.8 Å². The molecule has 106 valence electrons. The van der Waals surface area contributed by atoms with Crippen molar-refractivity contribution in [2.24, 2.45) is 17.8 Å². The number of carbonyl (C=O) groups is 3. The van der Waals surface area contributed by atoms with Crippen molar-refractivity contribution in [3.05, 3.63) is 23.2 Å². The zero-order chi connectivity index (χ0) is 14.6. The first kappa shape index (κ1) is 12.9. The van der Waals surface area contributed by atoms with Crippen molar-refractivity contribution in [1.82, 2.24) is 4.90 Å². The average Bonchev–Trinajstić information content (AvgIpc) is 2.88. The van der Waals surface area contributed by atoms with Gasteiger partial charge in [0.15, 0.2) is 0 Å². The Morgan fingerprint density at radius 3 is 2.75 bits per heavy atom. The molecule has 2 aliphatic heterocycles. The second-order valence-corrected chi connectivity index (χ2v) is 5.25. The van der Waals surface area contributed by atoms with Gasteiger partial charge in [-0.1, -0.05) is 0 Å². The van der Waals surface area contributed by atoms with Crippen LogP contribution in [0.5, 0.6) is 0 Å². The highest BCUT2D eigenvalue weighted by Gasteiger charge is 2.56. The molecule has 2 heterocycles. The molecule has 1 saturated heterocycles. The molecule has 1 fully saturated rings. The molecule has 0 bridgehead atoms. The van der Waals surface area contributed by atoms with Crippen molar-refractivity contribution < 1.29 is 23.9 Å². The summed E-state index contributed by atoms with van der Waals surface area (Å²) in [5, 5.41) is 0. The molecule has 6 heteroatoms. The van der Waals surface area contributed by atoms with E-state index in [1.807, 2.05) is 0 Å². The topological polar surface area (TPSA) is 72.9 Å². The Morgan fingerprint density at radius 1 is 1.40 bits per heavy atom. The van der Waals surface area contributed by atoms with Gasteiger partial charge in [-0.3, -0.25) is 14.5 Å². The normalized spacial score (nSPS) is 31.9. The van der Waals surface area contributed by atoms with Gasteiger partial charge in [0.1, 0.15) is 11.5 Å². The van der Waals surface area contributed by atoms with Gasteiger partial charge in [0.2, 0.25) is 11.8 Å². The van der Waals surface area contributed by atoms with Crippen LogP contribution in [0.1, 0.15) is 13.3 Å². The fourth-order valence-corrected chi connectivity index (χ4v) is 3.33. The van der Waals surface area contributed by atoms with Crippen molar-refractivity contribution in [3.8, 4) is 0 Å². The number of imide groups is 1. The maximum absolute atomic E-state index is 12.3. The molecule has 0 spiro atoms. The van der Waals surface area contributed by atoms with Gasteiger partial charge in [-0.2, -0.15) is 0 Å². The van der Waals surface area contributed by atoms with Gasteiger partial charge < -0.3 is 9.47 Å². The maximum atomic E-state index is 12.3. The molecule has 0 aromatic rings. The van der Waals surface area contributed by atoms with Gasteiger partial charge in [0.25, 0.3) is 0 Å². The van der Waals surface area contributed by atoms with E-state index in [0.717, 1.165) is 4.90 Å². The Hall–Kier alpha value is -2.11. The third-order valence-corrected chi connectivity index (χ3v) is 4.30. The number of ether oxygens (including phenoxy) is 2. The molecule has 0 aromatic heterocycles. The summed E-state index contributed by atoms with van der Waals surface area (Å²) in [4.78, 5) is 37.5. The summed E-state index contributed by atoms with van der Waals surface area (Å²) in [6, 6.07) is 0. The quantitative estimate of drug-likeness (QED) is 0.518. The Balaban J connectivity index is 2.07. The first-order chi connectivity index (χ1) is 9.47. The highest BCUT2D eigenvalue weighted by atomic mass is 16.5. The minimum atomic E-state index is -0.556. The summed E-state index contributed by atoms with van der Waals surface area (Å²) < 4.78 is 10.4. The number of carbonyl (C=O) groups excluding carboxylic acids is 3. The van der Waals surface area contributed by atoms with E-state index in [1.54, 1.807) is 13.0 Å². The van der Waals surface area contributed by atoms with Crippen LogP contribution in [0.15, 0.2) is 23.2 Å². The van der Waals surface area contributed by atoms with E-state index < -0.39 is 23.7 Å². The second-order valence-electron chi connectivity index (χ2n) is 5.25. The number of allylic oxidation sites excluding steroid dienone is 3. The van der Waals surface area contributed by atoms with Crippen LogP contribution in [0.25, 0.3) is 0 Å². The lowest BCUT2D eigenvalue weighted by Gasteiger charge is -2.26. The lowest BCUT2D eigenvalue weighted by Crippen LogP contribution is -2.33. The zero-order valence-corrected chi connectivity index (χ0v) is 11.5. The van der Waals surface area contributed by atoms with E-state index in [0.29, 0.717) is 23.5 Å². The molecule has 1 unspecified atom stereocenters. The summed E-state index contributed by atoms with van der Waals surface area (Å²) >= 11 is 0. The Labute approximate surface area is 116 Å². The lowest BCUT2D eigenvalue weighted by molar-refractivity contribution is -0.138. The van der Waals surface area contributed by atoms with E-state index in [1.165, 1.54) is 14.2 Å². The van der Waals surface area contributed by atoms with Gasteiger partial charge >= 0.3 is 5.97 Å². The standard InChI is InChI=1S/C14H15NO5/c1-6-9(14(18)19-3)11-8(20-6)5-4-7-10(11)13(17)15(2)12(7)16/h5,7,10-11H,4H2,1-3H3/t7-,10-,11?/m1/s1. The molecule has 0 saturated carbocycles. The maximum Gasteiger partial charge on any atom is 0.337 e. The average molecular weight is 277 g/mol. The van der Waals surface area contributed by atoms with Crippen molar-refractivity contribution in [2.45, 2.75) is 13.3 Å². The van der Waals surface area contributed by atoms with E-state index in [9.17, 15) is 14.4 Å². The van der Waals surface area contributed by atoms with Gasteiger partial charge in [-0.25, -0.2) is 4.79 Å². The number of esters is 1. The van der Waals surface area contributed by atoms with Crippen LogP contribution in [0.3, 0.4) is 0 Å². The predicted octanol–water partition coefficient (Wildman–Crippen LogP) is 0.598. The Bertz CT molecular complexity index is 588. The number of amides is 2. The van der Waals surface area contributed by atoms with E-state index in [-0.39, 0.29) is 11.8 Å².